The topological polar surface area (TPSA) is 25.2 Å². The van der Waals surface area contributed by atoms with E-state index in [9.17, 15) is 0 Å². The van der Waals surface area contributed by atoms with Crippen LogP contribution >= 0.6 is 9.16 Å². The van der Waals surface area contributed by atoms with E-state index in [1.807, 2.05) is 12.1 Å². The summed E-state index contributed by atoms with van der Waals surface area (Å²) in [5.74, 6) is 0. The van der Waals surface area contributed by atoms with Gasteiger partial charge >= 0.3 is 0 Å². The Morgan fingerprint density at radius 1 is 0.680 bits per heavy atom. The summed E-state index contributed by atoms with van der Waals surface area (Å²) >= 11 is 0. The molecule has 0 fully saturated rings. The Bertz CT molecular complexity index is 1080. The van der Waals surface area contributed by atoms with Gasteiger partial charge in [-0.05, 0) is 54.2 Å². The van der Waals surface area contributed by atoms with Crippen LogP contribution in [0.4, 0.5) is 11.4 Å². The fraction of sp³-hybridized carbons (Fsp3) is 0.182. The summed E-state index contributed by atoms with van der Waals surface area (Å²) in [6.07, 6.45) is 9.53. The van der Waals surface area contributed by atoms with Crippen LogP contribution in [0.15, 0.2) is 76.0 Å². The first-order chi connectivity index (χ1) is 11.8. The maximum absolute atomic E-state index is 6.15. The van der Waals surface area contributed by atoms with Gasteiger partial charge in [0.2, 0.25) is 0 Å². The fourth-order valence-electron chi connectivity index (χ4n) is 3.35. The Morgan fingerprint density at radius 2 is 1.32 bits per heavy atom. The average molecular weight is 352 g/mol. The summed E-state index contributed by atoms with van der Waals surface area (Å²) in [6, 6.07) is 23.1. The monoisotopic (exact) mass is 351 g/mol. The van der Waals surface area contributed by atoms with Crippen molar-refractivity contribution < 1.29 is 4.42 Å². The molecule has 0 saturated carbocycles. The van der Waals surface area contributed by atoms with Crippen LogP contribution in [0.3, 0.4) is 0 Å². The van der Waals surface area contributed by atoms with Gasteiger partial charge in [-0.3, -0.25) is 9.16 Å². The molecule has 130 valence electrons. The van der Waals surface area contributed by atoms with E-state index in [2.05, 4.69) is 84.9 Å². The van der Waals surface area contributed by atoms with Crippen molar-refractivity contribution in [1.29, 1.82) is 0 Å². The highest BCUT2D eigenvalue weighted by Crippen LogP contribution is 2.65. The number of para-hydroxylation sites is 3. The minimum absolute atomic E-state index is 0.915. The molecule has 4 rings (SSSR count). The van der Waals surface area contributed by atoms with Crippen molar-refractivity contribution in [3.05, 3.63) is 66.7 Å². The molecule has 0 atom stereocenters. The lowest BCUT2D eigenvalue weighted by Crippen LogP contribution is -2.12. The Labute approximate surface area is 149 Å². The number of benzene rings is 3. The molecule has 3 heteroatoms. The number of nitrogens with one attached hydrogen (secondary N) is 1. The van der Waals surface area contributed by atoms with Crippen LogP contribution in [0.1, 0.15) is 0 Å². The minimum atomic E-state index is -1.90. The number of hydrogen-bond acceptors (Lipinski definition) is 2. The van der Waals surface area contributed by atoms with Gasteiger partial charge in [0.05, 0.1) is 5.69 Å². The summed E-state index contributed by atoms with van der Waals surface area (Å²) in [7, 11) is -1.90. The molecule has 0 amide bonds. The van der Waals surface area contributed by atoms with Crippen molar-refractivity contribution in [2.24, 2.45) is 0 Å². The van der Waals surface area contributed by atoms with E-state index in [1.54, 1.807) is 0 Å². The number of hydrogen-bond donors (Lipinski definition) is 2. The van der Waals surface area contributed by atoms with Gasteiger partial charge in [0.1, 0.15) is 5.58 Å². The maximum Gasteiger partial charge on any atom is 0.158 e. The minimum Gasteiger partial charge on any atom is -0.454 e. The van der Waals surface area contributed by atoms with E-state index in [0.717, 1.165) is 27.6 Å². The van der Waals surface area contributed by atoms with Gasteiger partial charge in [0, 0.05) is 16.5 Å². The molecule has 25 heavy (non-hydrogen) atoms. The normalized spacial score (nSPS) is 13.7. The zero-order valence-corrected chi connectivity index (χ0v) is 16.1. The summed E-state index contributed by atoms with van der Waals surface area (Å²) in [6.45, 7) is 0. The predicted octanol–water partition coefficient (Wildman–Crippen LogP) is 6.28. The van der Waals surface area contributed by atoms with Crippen LogP contribution in [0, 0.1) is 0 Å². The molecule has 0 spiro atoms. The Morgan fingerprint density at radius 3 is 2.12 bits per heavy atom. The first-order valence-corrected chi connectivity index (χ1v) is 12.6. The maximum atomic E-state index is 6.15. The van der Waals surface area contributed by atoms with Crippen LogP contribution < -0.4 is 5.32 Å². The zero-order chi connectivity index (χ0) is 17.7. The molecule has 0 bridgehead atoms. The Kier molecular flexibility index (Phi) is 3.41. The molecule has 0 aliphatic rings. The number of thiol groups is 1. The molecule has 0 radical (unpaired) electrons. The molecule has 0 aliphatic carbocycles. The SMILES string of the molecule is C[SH](C)(C)(C)c1ccccc1Nc1cccc2c1oc1ccccc12. The summed E-state index contributed by atoms with van der Waals surface area (Å²) in [4.78, 5) is 1.40. The van der Waals surface area contributed by atoms with Gasteiger partial charge in [-0.2, -0.15) is 0 Å². The van der Waals surface area contributed by atoms with Crippen LogP contribution in [0.25, 0.3) is 21.9 Å². The second kappa shape index (κ2) is 5.30. The highest BCUT2D eigenvalue weighted by molar-refractivity contribution is 8.47. The lowest BCUT2D eigenvalue weighted by Gasteiger charge is -2.48. The van der Waals surface area contributed by atoms with Crippen LogP contribution in [0.2, 0.25) is 0 Å². The second-order valence-corrected chi connectivity index (χ2v) is 16.1. The van der Waals surface area contributed by atoms with Gasteiger partial charge in [0.15, 0.2) is 5.58 Å². The van der Waals surface area contributed by atoms with E-state index in [4.69, 9.17) is 4.42 Å². The van der Waals surface area contributed by atoms with E-state index in [0.29, 0.717) is 0 Å². The van der Waals surface area contributed by atoms with Gasteiger partial charge < -0.3 is 9.73 Å². The molecule has 0 aliphatic heterocycles. The third kappa shape index (κ3) is 2.89. The first kappa shape index (κ1) is 16.1. The van der Waals surface area contributed by atoms with Crippen LogP contribution in [-0.4, -0.2) is 25.0 Å². The third-order valence-electron chi connectivity index (χ3n) is 4.54. The highest BCUT2D eigenvalue weighted by atomic mass is 32.3. The van der Waals surface area contributed by atoms with Crippen molar-refractivity contribution in [3.63, 3.8) is 0 Å². The van der Waals surface area contributed by atoms with E-state index in [1.165, 1.54) is 10.6 Å². The molecular formula is C22H25NOS. The lowest BCUT2D eigenvalue weighted by molar-refractivity contribution is 0.670. The molecule has 0 saturated heterocycles. The quantitative estimate of drug-likeness (QED) is 0.425. The Hall–Kier alpha value is -2.39. The fourth-order valence-corrected chi connectivity index (χ4v) is 5.13. The second-order valence-electron chi connectivity index (χ2n) is 8.50. The Balaban J connectivity index is 1.88. The van der Waals surface area contributed by atoms with Crippen molar-refractivity contribution in [2.45, 2.75) is 4.90 Å². The summed E-state index contributed by atoms with van der Waals surface area (Å²) in [5.41, 5.74) is 4.03. The molecule has 0 unspecified atom stereocenters. The largest absolute Gasteiger partial charge is 0.454 e. The molecular weight excluding hydrogens is 326 g/mol. The van der Waals surface area contributed by atoms with Crippen molar-refractivity contribution in [2.75, 3.05) is 30.3 Å². The highest BCUT2D eigenvalue weighted by Gasteiger charge is 2.24. The van der Waals surface area contributed by atoms with Gasteiger partial charge in [0.25, 0.3) is 0 Å². The van der Waals surface area contributed by atoms with Crippen molar-refractivity contribution in [3.8, 4) is 0 Å². The number of fused-ring (bicyclic) bond motifs is 3. The molecule has 3 aromatic carbocycles. The van der Waals surface area contributed by atoms with Gasteiger partial charge in [-0.1, -0.05) is 42.5 Å². The molecule has 1 N–H and O–H groups in total. The van der Waals surface area contributed by atoms with E-state index in [-0.39, 0.29) is 0 Å². The number of rotatable bonds is 3. The molecule has 2 nitrogen and oxygen atoms in total. The predicted molar refractivity (Wildman–Crippen MR) is 114 cm³/mol. The van der Waals surface area contributed by atoms with Gasteiger partial charge in [-0.25, -0.2) is 0 Å². The zero-order valence-electron chi connectivity index (χ0n) is 15.2. The van der Waals surface area contributed by atoms with Gasteiger partial charge in [-0.15, -0.1) is 0 Å². The van der Waals surface area contributed by atoms with Crippen molar-refractivity contribution >= 4 is 42.5 Å². The standard InChI is InChI=1S/C22H25NOS/c1-25(2,3,4)21-15-8-6-12-18(21)23-19-13-9-11-17-16-10-5-7-14-20(16)24-22(17)19/h5-15,23,25H,1-4H3. The number of anilines is 2. The van der Waals surface area contributed by atoms with Crippen LogP contribution in [0.5, 0.6) is 0 Å². The summed E-state index contributed by atoms with van der Waals surface area (Å²) in [5, 5.41) is 5.96. The average Bonchev–Trinajstić information content (AvgIpc) is 2.94. The summed E-state index contributed by atoms with van der Waals surface area (Å²) < 4.78 is 6.15. The molecule has 1 aromatic heterocycles. The third-order valence-corrected chi connectivity index (χ3v) is 6.86. The number of furan rings is 1. The first-order valence-electron chi connectivity index (χ1n) is 8.57. The van der Waals surface area contributed by atoms with E-state index < -0.39 is 9.16 Å². The molecule has 1 heterocycles. The lowest BCUT2D eigenvalue weighted by atomic mass is 10.1. The molecule has 4 aromatic rings. The van der Waals surface area contributed by atoms with E-state index >= 15 is 0 Å². The smallest absolute Gasteiger partial charge is 0.158 e. The van der Waals surface area contributed by atoms with Crippen LogP contribution in [-0.2, 0) is 0 Å². The van der Waals surface area contributed by atoms with Crippen molar-refractivity contribution in [1.82, 2.24) is 0 Å².